The molecule has 1 aromatic rings. The number of rotatable bonds is 3. The Bertz CT molecular complexity index is 421. The number of aryl methyl sites for hydroxylation is 1. The summed E-state index contributed by atoms with van der Waals surface area (Å²) in [5, 5.41) is 6.96. The molecular formula is C11H18N4O2. The van der Waals surface area contributed by atoms with E-state index in [0.29, 0.717) is 26.2 Å². The number of carbonyl (C=O) groups is 1. The second-order valence-electron chi connectivity index (χ2n) is 4.52. The van der Waals surface area contributed by atoms with Gasteiger partial charge in [0.05, 0.1) is 12.8 Å². The van der Waals surface area contributed by atoms with Gasteiger partial charge in [-0.15, -0.1) is 0 Å². The van der Waals surface area contributed by atoms with E-state index in [9.17, 15) is 4.79 Å². The minimum absolute atomic E-state index is 0.154. The third-order valence-corrected chi connectivity index (χ3v) is 3.28. The van der Waals surface area contributed by atoms with Crippen LogP contribution in [0.3, 0.4) is 0 Å². The van der Waals surface area contributed by atoms with Crippen LogP contribution < -0.4 is 11.1 Å². The van der Waals surface area contributed by atoms with Gasteiger partial charge in [-0.3, -0.25) is 9.48 Å². The van der Waals surface area contributed by atoms with E-state index in [4.69, 9.17) is 10.5 Å². The van der Waals surface area contributed by atoms with Gasteiger partial charge in [0.1, 0.15) is 5.54 Å². The minimum atomic E-state index is -0.865. The van der Waals surface area contributed by atoms with E-state index in [1.54, 1.807) is 10.9 Å². The topological polar surface area (TPSA) is 82.2 Å². The van der Waals surface area contributed by atoms with Crippen molar-refractivity contribution >= 4 is 5.91 Å². The highest BCUT2D eigenvalue weighted by Gasteiger charge is 2.38. The zero-order valence-corrected chi connectivity index (χ0v) is 10.2. The van der Waals surface area contributed by atoms with Crippen molar-refractivity contribution in [1.82, 2.24) is 15.1 Å². The molecule has 2 rings (SSSR count). The molecule has 1 fully saturated rings. The molecular weight excluding hydrogens is 220 g/mol. The van der Waals surface area contributed by atoms with Gasteiger partial charge >= 0.3 is 0 Å². The van der Waals surface area contributed by atoms with Crippen molar-refractivity contribution < 1.29 is 9.53 Å². The molecule has 0 bridgehead atoms. The van der Waals surface area contributed by atoms with Crippen molar-refractivity contribution in [2.75, 3.05) is 13.2 Å². The standard InChI is InChI=1S/C11H18N4O2/c1-8-9(6-14-15(8)2)5-13-10(16)11(12)3-4-17-7-11/h6H,3-5,7,12H2,1-2H3,(H,13,16). The molecule has 1 amide bonds. The molecule has 0 aliphatic carbocycles. The van der Waals surface area contributed by atoms with E-state index < -0.39 is 5.54 Å². The molecule has 1 unspecified atom stereocenters. The van der Waals surface area contributed by atoms with Crippen LogP contribution in [-0.2, 0) is 23.1 Å². The van der Waals surface area contributed by atoms with Gasteiger partial charge in [-0.1, -0.05) is 0 Å². The number of aromatic nitrogens is 2. The summed E-state index contributed by atoms with van der Waals surface area (Å²) in [6.45, 7) is 3.27. The quantitative estimate of drug-likeness (QED) is 0.741. The Morgan fingerprint density at radius 1 is 1.76 bits per heavy atom. The van der Waals surface area contributed by atoms with Crippen molar-refractivity contribution in [3.63, 3.8) is 0 Å². The number of nitrogens with one attached hydrogen (secondary N) is 1. The predicted molar refractivity (Wildman–Crippen MR) is 62.1 cm³/mol. The lowest BCUT2D eigenvalue weighted by Gasteiger charge is -2.20. The van der Waals surface area contributed by atoms with Crippen LogP contribution in [0.25, 0.3) is 0 Å². The Morgan fingerprint density at radius 2 is 2.53 bits per heavy atom. The summed E-state index contributed by atoms with van der Waals surface area (Å²) in [4.78, 5) is 11.9. The summed E-state index contributed by atoms with van der Waals surface area (Å²) in [6.07, 6.45) is 2.33. The van der Waals surface area contributed by atoms with Gasteiger partial charge in [0.15, 0.2) is 0 Å². The van der Waals surface area contributed by atoms with Gasteiger partial charge in [0.25, 0.3) is 0 Å². The first-order valence-electron chi connectivity index (χ1n) is 5.65. The zero-order chi connectivity index (χ0) is 12.5. The average molecular weight is 238 g/mol. The zero-order valence-electron chi connectivity index (χ0n) is 10.2. The van der Waals surface area contributed by atoms with Crippen LogP contribution in [0.2, 0.25) is 0 Å². The molecule has 2 heterocycles. The van der Waals surface area contributed by atoms with Gasteiger partial charge in [-0.25, -0.2) is 0 Å². The summed E-state index contributed by atoms with van der Waals surface area (Å²) in [7, 11) is 1.87. The monoisotopic (exact) mass is 238 g/mol. The normalized spacial score (nSPS) is 23.9. The van der Waals surface area contributed by atoms with E-state index in [1.165, 1.54) is 0 Å². The highest BCUT2D eigenvalue weighted by molar-refractivity contribution is 5.86. The number of ether oxygens (including phenoxy) is 1. The number of hydrogen-bond acceptors (Lipinski definition) is 4. The third kappa shape index (κ3) is 2.32. The predicted octanol–water partition coefficient (Wildman–Crippen LogP) is -0.537. The van der Waals surface area contributed by atoms with Gasteiger partial charge in [-0.2, -0.15) is 5.10 Å². The molecule has 1 saturated heterocycles. The Morgan fingerprint density at radius 3 is 3.06 bits per heavy atom. The molecule has 1 aliphatic rings. The molecule has 94 valence electrons. The largest absolute Gasteiger partial charge is 0.379 e. The van der Waals surface area contributed by atoms with Crippen LogP contribution in [0, 0.1) is 6.92 Å². The molecule has 6 nitrogen and oxygen atoms in total. The Kier molecular flexibility index (Phi) is 3.17. The van der Waals surface area contributed by atoms with Crippen LogP contribution in [0.4, 0.5) is 0 Å². The SMILES string of the molecule is Cc1c(CNC(=O)C2(N)CCOC2)cnn1C. The summed E-state index contributed by atoms with van der Waals surface area (Å²) >= 11 is 0. The van der Waals surface area contributed by atoms with Crippen molar-refractivity contribution in [3.8, 4) is 0 Å². The van der Waals surface area contributed by atoms with Crippen molar-refractivity contribution in [3.05, 3.63) is 17.5 Å². The molecule has 3 N–H and O–H groups in total. The molecule has 1 atom stereocenters. The second kappa shape index (κ2) is 4.46. The molecule has 1 aromatic heterocycles. The number of hydrogen-bond donors (Lipinski definition) is 2. The third-order valence-electron chi connectivity index (χ3n) is 3.28. The smallest absolute Gasteiger partial charge is 0.242 e. The average Bonchev–Trinajstić information content (AvgIpc) is 2.87. The number of amides is 1. The molecule has 17 heavy (non-hydrogen) atoms. The number of carbonyl (C=O) groups excluding carboxylic acids is 1. The first-order chi connectivity index (χ1) is 8.03. The maximum Gasteiger partial charge on any atom is 0.242 e. The molecule has 6 heteroatoms. The molecule has 0 radical (unpaired) electrons. The molecule has 0 saturated carbocycles. The van der Waals surface area contributed by atoms with Crippen LogP contribution in [0.5, 0.6) is 0 Å². The van der Waals surface area contributed by atoms with Crippen molar-refractivity contribution in [1.29, 1.82) is 0 Å². The Hall–Kier alpha value is -1.40. The van der Waals surface area contributed by atoms with Crippen LogP contribution in [-0.4, -0.2) is 34.4 Å². The Labute approximate surface area is 100 Å². The summed E-state index contributed by atoms with van der Waals surface area (Å²) < 4.78 is 6.93. The van der Waals surface area contributed by atoms with Crippen LogP contribution >= 0.6 is 0 Å². The molecule has 0 spiro atoms. The lowest BCUT2D eigenvalue weighted by molar-refractivity contribution is -0.126. The highest BCUT2D eigenvalue weighted by atomic mass is 16.5. The molecule has 1 aliphatic heterocycles. The van der Waals surface area contributed by atoms with Crippen LogP contribution in [0.1, 0.15) is 17.7 Å². The molecule has 0 aromatic carbocycles. The fourth-order valence-electron chi connectivity index (χ4n) is 1.83. The van der Waals surface area contributed by atoms with Crippen molar-refractivity contribution in [2.45, 2.75) is 25.4 Å². The summed E-state index contributed by atoms with van der Waals surface area (Å²) in [5.41, 5.74) is 7.13. The fraction of sp³-hybridized carbons (Fsp3) is 0.636. The van der Waals surface area contributed by atoms with E-state index >= 15 is 0 Å². The Balaban J connectivity index is 1.94. The first-order valence-corrected chi connectivity index (χ1v) is 5.65. The lowest BCUT2D eigenvalue weighted by Crippen LogP contribution is -2.54. The summed E-state index contributed by atoms with van der Waals surface area (Å²) in [6, 6.07) is 0. The van der Waals surface area contributed by atoms with E-state index in [2.05, 4.69) is 10.4 Å². The second-order valence-corrected chi connectivity index (χ2v) is 4.52. The lowest BCUT2D eigenvalue weighted by atomic mass is 9.99. The van der Waals surface area contributed by atoms with E-state index in [1.807, 2.05) is 14.0 Å². The van der Waals surface area contributed by atoms with Crippen molar-refractivity contribution in [2.24, 2.45) is 12.8 Å². The number of nitrogens with two attached hydrogens (primary N) is 1. The van der Waals surface area contributed by atoms with E-state index in [-0.39, 0.29) is 5.91 Å². The minimum Gasteiger partial charge on any atom is -0.379 e. The van der Waals surface area contributed by atoms with Gasteiger partial charge in [-0.05, 0) is 13.3 Å². The fourth-order valence-corrected chi connectivity index (χ4v) is 1.83. The maximum atomic E-state index is 11.9. The van der Waals surface area contributed by atoms with Gasteiger partial charge < -0.3 is 15.8 Å². The first kappa shape index (κ1) is 12.1. The van der Waals surface area contributed by atoms with Gasteiger partial charge in [0, 0.05) is 31.5 Å². The highest BCUT2D eigenvalue weighted by Crippen LogP contribution is 2.15. The van der Waals surface area contributed by atoms with E-state index in [0.717, 1.165) is 11.3 Å². The number of nitrogens with zero attached hydrogens (tertiary/aromatic N) is 2. The van der Waals surface area contributed by atoms with Crippen LogP contribution in [0.15, 0.2) is 6.20 Å². The maximum absolute atomic E-state index is 11.9. The summed E-state index contributed by atoms with van der Waals surface area (Å²) in [5.74, 6) is -0.154. The van der Waals surface area contributed by atoms with Gasteiger partial charge in [0.2, 0.25) is 5.91 Å².